The lowest BCUT2D eigenvalue weighted by molar-refractivity contribution is 0.610. The first-order valence-corrected chi connectivity index (χ1v) is 4.98. The molecule has 1 nitrogen and oxygen atoms in total. The van der Waals surface area contributed by atoms with Crippen molar-refractivity contribution in [2.24, 2.45) is 0 Å². The minimum atomic E-state index is 0.598. The second-order valence-corrected chi connectivity index (χ2v) is 3.90. The van der Waals surface area contributed by atoms with Crippen LogP contribution in [-0.2, 0) is 0 Å². The molecule has 1 aliphatic carbocycles. The third-order valence-electron chi connectivity index (χ3n) is 2.50. The van der Waals surface area contributed by atoms with Gasteiger partial charge in [-0.1, -0.05) is 17.7 Å². The van der Waals surface area contributed by atoms with Crippen LogP contribution in [0.5, 0.6) is 0 Å². The molecule has 0 amide bonds. The van der Waals surface area contributed by atoms with Crippen molar-refractivity contribution < 1.29 is 0 Å². The molecule has 0 aliphatic heterocycles. The fourth-order valence-corrected chi connectivity index (χ4v) is 2.08. The molecule has 2 heteroatoms. The summed E-state index contributed by atoms with van der Waals surface area (Å²) >= 11 is 6.01. The van der Waals surface area contributed by atoms with Gasteiger partial charge < -0.3 is 0 Å². The molecule has 1 aromatic rings. The molecule has 0 spiro atoms. The topological polar surface area (TPSA) is 12.9 Å². The van der Waals surface area contributed by atoms with Crippen LogP contribution in [0.4, 0.5) is 0 Å². The highest BCUT2D eigenvalue weighted by Crippen LogP contribution is 2.33. The molecule has 1 atom stereocenters. The summed E-state index contributed by atoms with van der Waals surface area (Å²) in [5.74, 6) is 0.598. The van der Waals surface area contributed by atoms with Crippen LogP contribution in [0.1, 0.15) is 30.7 Å². The first-order valence-electron chi connectivity index (χ1n) is 4.61. The standard InChI is InChI=1S/C11H12ClN/c12-11-3-1-2-10(8-11)9-4-6-13-7-5-9/h3-7,10H,1-2,8H2. The van der Waals surface area contributed by atoms with Crippen LogP contribution < -0.4 is 0 Å². The summed E-state index contributed by atoms with van der Waals surface area (Å²) in [7, 11) is 0. The van der Waals surface area contributed by atoms with Gasteiger partial charge in [0.15, 0.2) is 0 Å². The van der Waals surface area contributed by atoms with E-state index in [1.807, 2.05) is 12.4 Å². The Kier molecular flexibility index (Phi) is 2.65. The molecule has 1 unspecified atom stereocenters. The molecule has 0 fully saturated rings. The SMILES string of the molecule is ClC1=CCCC(c2ccncc2)C1. The maximum absolute atomic E-state index is 6.01. The van der Waals surface area contributed by atoms with Gasteiger partial charge in [-0.3, -0.25) is 4.98 Å². The van der Waals surface area contributed by atoms with Gasteiger partial charge >= 0.3 is 0 Å². The highest BCUT2D eigenvalue weighted by molar-refractivity contribution is 6.29. The predicted octanol–water partition coefficient (Wildman–Crippen LogP) is 3.47. The highest BCUT2D eigenvalue weighted by atomic mass is 35.5. The molecule has 1 aromatic heterocycles. The van der Waals surface area contributed by atoms with Gasteiger partial charge in [-0.15, -0.1) is 0 Å². The van der Waals surface area contributed by atoms with E-state index in [-0.39, 0.29) is 0 Å². The number of hydrogen-bond donors (Lipinski definition) is 0. The van der Waals surface area contributed by atoms with E-state index in [4.69, 9.17) is 11.6 Å². The lowest BCUT2D eigenvalue weighted by Crippen LogP contribution is -2.02. The second kappa shape index (κ2) is 3.93. The number of pyridine rings is 1. The molecule has 0 saturated carbocycles. The second-order valence-electron chi connectivity index (χ2n) is 3.41. The van der Waals surface area contributed by atoms with Gasteiger partial charge in [0, 0.05) is 17.4 Å². The fraction of sp³-hybridized carbons (Fsp3) is 0.364. The highest BCUT2D eigenvalue weighted by Gasteiger charge is 2.15. The van der Waals surface area contributed by atoms with E-state index < -0.39 is 0 Å². The van der Waals surface area contributed by atoms with E-state index in [9.17, 15) is 0 Å². The van der Waals surface area contributed by atoms with Crippen LogP contribution in [0, 0.1) is 0 Å². The van der Waals surface area contributed by atoms with Crippen LogP contribution in [0.2, 0.25) is 0 Å². The largest absolute Gasteiger partial charge is 0.265 e. The van der Waals surface area contributed by atoms with Crippen LogP contribution in [-0.4, -0.2) is 4.98 Å². The minimum Gasteiger partial charge on any atom is -0.265 e. The summed E-state index contributed by atoms with van der Waals surface area (Å²) in [6.45, 7) is 0. The number of allylic oxidation sites excluding steroid dienone is 2. The van der Waals surface area contributed by atoms with E-state index in [2.05, 4.69) is 23.2 Å². The lowest BCUT2D eigenvalue weighted by Gasteiger charge is -2.19. The first-order chi connectivity index (χ1) is 6.36. The van der Waals surface area contributed by atoms with Crippen molar-refractivity contribution in [3.63, 3.8) is 0 Å². The minimum absolute atomic E-state index is 0.598. The van der Waals surface area contributed by atoms with Crippen LogP contribution in [0.3, 0.4) is 0 Å². The smallest absolute Gasteiger partial charge is 0.0270 e. The van der Waals surface area contributed by atoms with Gasteiger partial charge in [0.1, 0.15) is 0 Å². The van der Waals surface area contributed by atoms with Crippen molar-refractivity contribution in [1.29, 1.82) is 0 Å². The molecule has 0 aromatic carbocycles. The van der Waals surface area contributed by atoms with Crippen molar-refractivity contribution in [3.8, 4) is 0 Å². The van der Waals surface area contributed by atoms with Gasteiger partial charge in [0.05, 0.1) is 0 Å². The van der Waals surface area contributed by atoms with Crippen molar-refractivity contribution in [1.82, 2.24) is 4.98 Å². The zero-order valence-electron chi connectivity index (χ0n) is 7.41. The van der Waals surface area contributed by atoms with Crippen LogP contribution in [0.15, 0.2) is 35.6 Å². The molecule has 0 saturated heterocycles. The zero-order chi connectivity index (χ0) is 9.10. The maximum atomic E-state index is 6.01. The Balaban J connectivity index is 2.15. The Morgan fingerprint density at radius 1 is 1.31 bits per heavy atom. The van der Waals surface area contributed by atoms with Gasteiger partial charge in [-0.05, 0) is 42.9 Å². The van der Waals surface area contributed by atoms with E-state index in [0.29, 0.717) is 5.92 Å². The summed E-state index contributed by atoms with van der Waals surface area (Å²) < 4.78 is 0. The van der Waals surface area contributed by atoms with E-state index in [1.165, 1.54) is 12.0 Å². The van der Waals surface area contributed by atoms with Gasteiger partial charge in [-0.2, -0.15) is 0 Å². The fourth-order valence-electron chi connectivity index (χ4n) is 1.78. The van der Waals surface area contributed by atoms with E-state index in [0.717, 1.165) is 17.9 Å². The molecule has 2 rings (SSSR count). The molecule has 0 bridgehead atoms. The number of aromatic nitrogens is 1. The van der Waals surface area contributed by atoms with Gasteiger partial charge in [-0.25, -0.2) is 0 Å². The number of hydrogen-bond acceptors (Lipinski definition) is 1. The predicted molar refractivity (Wildman–Crippen MR) is 54.8 cm³/mol. The molecular weight excluding hydrogens is 182 g/mol. The quantitative estimate of drug-likeness (QED) is 0.666. The Hall–Kier alpha value is -0.820. The summed E-state index contributed by atoms with van der Waals surface area (Å²) in [6, 6.07) is 4.17. The maximum Gasteiger partial charge on any atom is 0.0270 e. The number of halogens is 1. The van der Waals surface area contributed by atoms with Crippen molar-refractivity contribution in [3.05, 3.63) is 41.2 Å². The third-order valence-corrected chi connectivity index (χ3v) is 2.81. The molecule has 1 heterocycles. The first kappa shape index (κ1) is 8.76. The molecule has 13 heavy (non-hydrogen) atoms. The van der Waals surface area contributed by atoms with E-state index in [1.54, 1.807) is 0 Å². The Morgan fingerprint density at radius 2 is 2.08 bits per heavy atom. The van der Waals surface area contributed by atoms with Crippen molar-refractivity contribution >= 4 is 11.6 Å². The molecule has 68 valence electrons. The van der Waals surface area contributed by atoms with Crippen LogP contribution in [0.25, 0.3) is 0 Å². The van der Waals surface area contributed by atoms with Gasteiger partial charge in [0.25, 0.3) is 0 Å². The zero-order valence-corrected chi connectivity index (χ0v) is 8.17. The Bertz CT molecular complexity index is 305. The number of nitrogens with zero attached hydrogens (tertiary/aromatic N) is 1. The summed E-state index contributed by atoms with van der Waals surface area (Å²) in [5.41, 5.74) is 1.36. The van der Waals surface area contributed by atoms with Gasteiger partial charge in [0.2, 0.25) is 0 Å². The molecular formula is C11H12ClN. The summed E-state index contributed by atoms with van der Waals surface area (Å²) in [6.07, 6.45) is 9.12. The molecule has 0 radical (unpaired) electrons. The van der Waals surface area contributed by atoms with Crippen LogP contribution >= 0.6 is 11.6 Å². The van der Waals surface area contributed by atoms with Crippen molar-refractivity contribution in [2.75, 3.05) is 0 Å². The Labute approximate surface area is 83.4 Å². The third kappa shape index (κ3) is 2.10. The Morgan fingerprint density at radius 3 is 2.77 bits per heavy atom. The average molecular weight is 194 g/mol. The normalized spacial score (nSPS) is 22.5. The van der Waals surface area contributed by atoms with E-state index >= 15 is 0 Å². The molecule has 0 N–H and O–H groups in total. The summed E-state index contributed by atoms with van der Waals surface area (Å²) in [5, 5.41) is 1.01. The lowest BCUT2D eigenvalue weighted by atomic mass is 9.88. The average Bonchev–Trinajstić information content (AvgIpc) is 2.19. The van der Waals surface area contributed by atoms with Crippen molar-refractivity contribution in [2.45, 2.75) is 25.2 Å². The molecule has 1 aliphatic rings. The monoisotopic (exact) mass is 193 g/mol. The number of rotatable bonds is 1. The summed E-state index contributed by atoms with van der Waals surface area (Å²) in [4.78, 5) is 4.01.